The van der Waals surface area contributed by atoms with Crippen LogP contribution in [0, 0.1) is 25.2 Å². The number of benzene rings is 3. The van der Waals surface area contributed by atoms with Gasteiger partial charge in [-0.3, -0.25) is 4.79 Å². The van der Waals surface area contributed by atoms with Gasteiger partial charge in [0.15, 0.2) is 11.5 Å². The molecule has 184 valence electrons. The van der Waals surface area contributed by atoms with Gasteiger partial charge >= 0.3 is 0 Å². The molecular weight excluding hydrogens is 472 g/mol. The molecule has 36 heavy (non-hydrogen) atoms. The third-order valence-electron chi connectivity index (χ3n) is 5.68. The Morgan fingerprint density at radius 3 is 2.58 bits per heavy atom. The molecule has 3 aromatic rings. The number of anilines is 1. The fraction of sp³-hybridized carbons (Fsp3) is 0.200. The minimum atomic E-state index is -0.478. The first kappa shape index (κ1) is 26.6. The van der Waals surface area contributed by atoms with E-state index in [1.54, 1.807) is 18.2 Å². The number of aryl methyl sites for hydroxylation is 1. The van der Waals surface area contributed by atoms with Crippen molar-refractivity contribution in [3.05, 3.63) is 106 Å². The summed E-state index contributed by atoms with van der Waals surface area (Å²) >= 11 is 6.29. The maximum Gasteiger partial charge on any atom is 0.266 e. The van der Waals surface area contributed by atoms with E-state index in [4.69, 9.17) is 21.1 Å². The third kappa shape index (κ3) is 6.56. The van der Waals surface area contributed by atoms with Gasteiger partial charge in [-0.15, -0.1) is 6.58 Å². The molecule has 0 bridgehead atoms. The molecule has 0 aliphatic rings. The van der Waals surface area contributed by atoms with Crippen LogP contribution in [0.1, 0.15) is 34.7 Å². The SMILES string of the molecule is C=CCc1cc(/C=C(\C#N)C(=O)Nc2cccc(C)c2C)cc(OCC)c1OCc1ccccc1Cl. The lowest BCUT2D eigenvalue weighted by Crippen LogP contribution is -2.14. The van der Waals surface area contributed by atoms with E-state index < -0.39 is 5.91 Å². The summed E-state index contributed by atoms with van der Waals surface area (Å²) in [7, 11) is 0. The van der Waals surface area contributed by atoms with Gasteiger partial charge in [-0.05, 0) is 74.2 Å². The van der Waals surface area contributed by atoms with Gasteiger partial charge < -0.3 is 14.8 Å². The van der Waals surface area contributed by atoms with Gasteiger partial charge in [-0.25, -0.2) is 0 Å². The molecule has 0 aromatic heterocycles. The van der Waals surface area contributed by atoms with Crippen LogP contribution in [0.25, 0.3) is 6.08 Å². The molecule has 0 unspecified atom stereocenters. The second kappa shape index (κ2) is 12.6. The van der Waals surface area contributed by atoms with Crippen LogP contribution in [0.4, 0.5) is 5.69 Å². The van der Waals surface area contributed by atoms with Crippen molar-refractivity contribution in [3.8, 4) is 17.6 Å². The summed E-state index contributed by atoms with van der Waals surface area (Å²) in [6, 6.07) is 18.8. The van der Waals surface area contributed by atoms with Gasteiger partial charge in [-0.2, -0.15) is 5.26 Å². The number of hydrogen-bond donors (Lipinski definition) is 1. The van der Waals surface area contributed by atoms with E-state index in [0.29, 0.717) is 40.8 Å². The van der Waals surface area contributed by atoms with Gasteiger partial charge in [0.25, 0.3) is 5.91 Å². The monoisotopic (exact) mass is 500 g/mol. The zero-order chi connectivity index (χ0) is 26.1. The molecule has 0 aliphatic carbocycles. The van der Waals surface area contributed by atoms with Gasteiger partial charge in [0.1, 0.15) is 18.2 Å². The Morgan fingerprint density at radius 2 is 1.89 bits per heavy atom. The molecule has 0 aliphatic heterocycles. The number of hydrogen-bond acceptors (Lipinski definition) is 4. The highest BCUT2D eigenvalue weighted by molar-refractivity contribution is 6.31. The lowest BCUT2D eigenvalue weighted by atomic mass is 10.0. The van der Waals surface area contributed by atoms with Gasteiger partial charge in [0, 0.05) is 21.8 Å². The van der Waals surface area contributed by atoms with E-state index in [0.717, 1.165) is 22.3 Å². The van der Waals surface area contributed by atoms with E-state index in [9.17, 15) is 10.1 Å². The Hall–Kier alpha value is -4.01. The lowest BCUT2D eigenvalue weighted by molar-refractivity contribution is -0.112. The van der Waals surface area contributed by atoms with Crippen LogP contribution in [0.3, 0.4) is 0 Å². The first-order chi connectivity index (χ1) is 17.4. The van der Waals surface area contributed by atoms with Crippen molar-refractivity contribution >= 4 is 29.3 Å². The Morgan fingerprint density at radius 1 is 1.11 bits per heavy atom. The van der Waals surface area contributed by atoms with Crippen molar-refractivity contribution < 1.29 is 14.3 Å². The van der Waals surface area contributed by atoms with Crippen LogP contribution in [-0.4, -0.2) is 12.5 Å². The maximum absolute atomic E-state index is 12.9. The fourth-order valence-corrected chi connectivity index (χ4v) is 3.85. The zero-order valence-electron chi connectivity index (χ0n) is 20.7. The smallest absolute Gasteiger partial charge is 0.266 e. The number of rotatable bonds is 10. The van der Waals surface area contributed by atoms with E-state index in [1.165, 1.54) is 0 Å². The van der Waals surface area contributed by atoms with Crippen LogP contribution in [0.15, 0.2) is 72.8 Å². The van der Waals surface area contributed by atoms with Crippen LogP contribution in [0.5, 0.6) is 11.5 Å². The Balaban J connectivity index is 1.95. The number of ether oxygens (including phenoxy) is 2. The minimum Gasteiger partial charge on any atom is -0.490 e. The topological polar surface area (TPSA) is 71.4 Å². The fourth-order valence-electron chi connectivity index (χ4n) is 3.66. The van der Waals surface area contributed by atoms with E-state index >= 15 is 0 Å². The van der Waals surface area contributed by atoms with Gasteiger partial charge in [0.05, 0.1) is 6.61 Å². The molecule has 0 saturated heterocycles. The number of nitrogens with zero attached hydrogens (tertiary/aromatic N) is 1. The highest BCUT2D eigenvalue weighted by atomic mass is 35.5. The lowest BCUT2D eigenvalue weighted by Gasteiger charge is -2.17. The minimum absolute atomic E-state index is 0.0207. The van der Waals surface area contributed by atoms with Crippen LogP contribution in [-0.2, 0) is 17.8 Å². The molecule has 0 heterocycles. The van der Waals surface area contributed by atoms with Gasteiger partial charge in [-0.1, -0.05) is 48.0 Å². The van der Waals surface area contributed by atoms with E-state index in [-0.39, 0.29) is 12.2 Å². The molecule has 3 rings (SSSR count). The van der Waals surface area contributed by atoms with E-state index in [2.05, 4.69) is 11.9 Å². The average molecular weight is 501 g/mol. The summed E-state index contributed by atoms with van der Waals surface area (Å²) in [6.07, 6.45) is 3.82. The number of carbonyl (C=O) groups is 1. The Kier molecular flexibility index (Phi) is 9.32. The number of nitrogens with one attached hydrogen (secondary N) is 1. The van der Waals surface area contributed by atoms with Crippen molar-refractivity contribution in [1.82, 2.24) is 0 Å². The predicted octanol–water partition coefficient (Wildman–Crippen LogP) is 7.21. The summed E-state index contributed by atoms with van der Waals surface area (Å²) in [5, 5.41) is 13.2. The number of amides is 1. The molecule has 1 amide bonds. The second-order valence-electron chi connectivity index (χ2n) is 8.18. The first-order valence-electron chi connectivity index (χ1n) is 11.6. The number of carbonyl (C=O) groups excluding carboxylic acids is 1. The zero-order valence-corrected chi connectivity index (χ0v) is 21.5. The molecule has 1 N–H and O–H groups in total. The molecule has 0 fully saturated rings. The van der Waals surface area contributed by atoms with Crippen molar-refractivity contribution in [2.45, 2.75) is 33.8 Å². The number of halogens is 1. The molecule has 0 spiro atoms. The van der Waals surface area contributed by atoms with Crippen molar-refractivity contribution in [2.75, 3.05) is 11.9 Å². The van der Waals surface area contributed by atoms with Crippen molar-refractivity contribution in [1.29, 1.82) is 5.26 Å². The molecular formula is C30H29ClN2O3. The molecule has 0 saturated carbocycles. The predicted molar refractivity (Wildman–Crippen MR) is 145 cm³/mol. The maximum atomic E-state index is 12.9. The summed E-state index contributed by atoms with van der Waals surface area (Å²) in [5.74, 6) is 0.614. The molecule has 0 radical (unpaired) electrons. The normalized spacial score (nSPS) is 10.9. The summed E-state index contributed by atoms with van der Waals surface area (Å²) in [6.45, 7) is 10.3. The van der Waals surface area contributed by atoms with Crippen LogP contribution < -0.4 is 14.8 Å². The number of nitriles is 1. The highest BCUT2D eigenvalue weighted by Crippen LogP contribution is 2.36. The number of allylic oxidation sites excluding steroid dienone is 1. The summed E-state index contributed by atoms with van der Waals surface area (Å²) < 4.78 is 12.0. The largest absolute Gasteiger partial charge is 0.490 e. The highest BCUT2D eigenvalue weighted by Gasteiger charge is 2.16. The van der Waals surface area contributed by atoms with Crippen LogP contribution in [0.2, 0.25) is 5.02 Å². The first-order valence-corrected chi connectivity index (χ1v) is 12.0. The average Bonchev–Trinajstić information content (AvgIpc) is 2.86. The van der Waals surface area contributed by atoms with E-state index in [1.807, 2.05) is 75.4 Å². The van der Waals surface area contributed by atoms with Crippen molar-refractivity contribution in [3.63, 3.8) is 0 Å². The molecule has 5 nitrogen and oxygen atoms in total. The Bertz CT molecular complexity index is 1340. The molecule has 3 aromatic carbocycles. The van der Waals surface area contributed by atoms with Crippen LogP contribution >= 0.6 is 11.6 Å². The molecule has 6 heteroatoms. The van der Waals surface area contributed by atoms with Crippen molar-refractivity contribution in [2.24, 2.45) is 0 Å². The summed E-state index contributed by atoms with van der Waals surface area (Å²) in [5.41, 5.74) is 4.98. The third-order valence-corrected chi connectivity index (χ3v) is 6.05. The second-order valence-corrected chi connectivity index (χ2v) is 8.59. The molecule has 0 atom stereocenters. The van der Waals surface area contributed by atoms with Gasteiger partial charge in [0.2, 0.25) is 0 Å². The standard InChI is InChI=1S/C30H29ClN2O3/c1-5-10-23-15-22(16-25(18-32)30(34)33-27-14-9-11-20(3)21(27)4)17-28(35-6-2)29(23)36-19-24-12-7-8-13-26(24)31/h5,7-9,11-17H,1,6,10,19H2,2-4H3,(H,33,34)/b25-16+. The summed E-state index contributed by atoms with van der Waals surface area (Å²) in [4.78, 5) is 12.9. The Labute approximate surface area is 217 Å². The quantitative estimate of drug-likeness (QED) is 0.181.